The normalized spacial score (nSPS) is 10.0. The Bertz CT molecular complexity index is 508. The number of nitrogens with zero attached hydrogens (tertiary/aromatic N) is 1. The van der Waals surface area contributed by atoms with Gasteiger partial charge in [-0.25, -0.2) is 4.79 Å². The zero-order valence-corrected chi connectivity index (χ0v) is 9.74. The number of aromatic nitrogens is 1. The second-order valence-corrected chi connectivity index (χ2v) is 3.79. The zero-order valence-electron chi connectivity index (χ0n) is 9.74. The number of hydrogen-bond donors (Lipinski definition) is 1. The standard InChI is InChI=1S/C14H13NO3/c16-14(17)12-3-5-13(6-4-12)18-9-7-11-2-1-8-15-10-11/h1-6,8,10H,7,9H2,(H,16,17). The van der Waals surface area contributed by atoms with Gasteiger partial charge in [0.2, 0.25) is 0 Å². The van der Waals surface area contributed by atoms with E-state index in [1.807, 2.05) is 12.1 Å². The summed E-state index contributed by atoms with van der Waals surface area (Å²) in [6.07, 6.45) is 4.31. The fourth-order valence-electron chi connectivity index (χ4n) is 1.53. The summed E-state index contributed by atoms with van der Waals surface area (Å²) in [6, 6.07) is 10.3. The number of aromatic carboxylic acids is 1. The van der Waals surface area contributed by atoms with Crippen LogP contribution in [0.25, 0.3) is 0 Å². The molecule has 0 aliphatic carbocycles. The second-order valence-electron chi connectivity index (χ2n) is 3.79. The predicted molar refractivity (Wildman–Crippen MR) is 66.8 cm³/mol. The Balaban J connectivity index is 1.85. The molecule has 0 aliphatic rings. The highest BCUT2D eigenvalue weighted by Gasteiger charge is 2.02. The molecule has 0 radical (unpaired) electrons. The van der Waals surface area contributed by atoms with Crippen LogP contribution in [0.5, 0.6) is 5.75 Å². The van der Waals surface area contributed by atoms with E-state index in [-0.39, 0.29) is 5.56 Å². The van der Waals surface area contributed by atoms with E-state index in [1.54, 1.807) is 24.5 Å². The summed E-state index contributed by atoms with van der Waals surface area (Å²) in [7, 11) is 0. The molecule has 0 saturated heterocycles. The van der Waals surface area contributed by atoms with Crippen LogP contribution in [0.3, 0.4) is 0 Å². The average molecular weight is 243 g/mol. The van der Waals surface area contributed by atoms with Gasteiger partial charge in [0.05, 0.1) is 12.2 Å². The lowest BCUT2D eigenvalue weighted by atomic mass is 10.2. The summed E-state index contributed by atoms with van der Waals surface area (Å²) < 4.78 is 5.52. The smallest absolute Gasteiger partial charge is 0.335 e. The molecule has 0 amide bonds. The molecule has 0 saturated carbocycles. The Morgan fingerprint density at radius 1 is 1.22 bits per heavy atom. The summed E-state index contributed by atoms with van der Waals surface area (Å²) in [6.45, 7) is 0.540. The van der Waals surface area contributed by atoms with Crippen LogP contribution in [0.4, 0.5) is 0 Å². The van der Waals surface area contributed by atoms with Gasteiger partial charge in [-0.2, -0.15) is 0 Å². The number of hydrogen-bond acceptors (Lipinski definition) is 3. The molecule has 4 nitrogen and oxygen atoms in total. The van der Waals surface area contributed by atoms with Crippen molar-refractivity contribution in [2.45, 2.75) is 6.42 Å². The number of ether oxygens (including phenoxy) is 1. The second kappa shape index (κ2) is 5.82. The van der Waals surface area contributed by atoms with Crippen LogP contribution in [0.1, 0.15) is 15.9 Å². The maximum absolute atomic E-state index is 10.7. The first kappa shape index (κ1) is 12.1. The molecule has 4 heteroatoms. The lowest BCUT2D eigenvalue weighted by Crippen LogP contribution is -2.02. The van der Waals surface area contributed by atoms with Crippen LogP contribution in [-0.2, 0) is 6.42 Å². The Morgan fingerprint density at radius 3 is 2.61 bits per heavy atom. The minimum Gasteiger partial charge on any atom is -0.493 e. The first-order valence-corrected chi connectivity index (χ1v) is 5.61. The van der Waals surface area contributed by atoms with E-state index in [0.717, 1.165) is 12.0 Å². The van der Waals surface area contributed by atoms with Crippen LogP contribution < -0.4 is 4.74 Å². The van der Waals surface area contributed by atoms with Gasteiger partial charge in [0.15, 0.2) is 0 Å². The van der Waals surface area contributed by atoms with Gasteiger partial charge in [-0.15, -0.1) is 0 Å². The van der Waals surface area contributed by atoms with Crippen molar-refractivity contribution in [3.63, 3.8) is 0 Å². The van der Waals surface area contributed by atoms with E-state index in [0.29, 0.717) is 12.4 Å². The van der Waals surface area contributed by atoms with Crippen LogP contribution in [0.2, 0.25) is 0 Å². The lowest BCUT2D eigenvalue weighted by Gasteiger charge is -2.06. The minimum absolute atomic E-state index is 0.259. The summed E-state index contributed by atoms with van der Waals surface area (Å²) in [5.41, 5.74) is 1.37. The first-order valence-electron chi connectivity index (χ1n) is 5.61. The summed E-state index contributed by atoms with van der Waals surface area (Å²) in [5.74, 6) is -0.263. The van der Waals surface area contributed by atoms with Crippen LogP contribution in [0, 0.1) is 0 Å². The topological polar surface area (TPSA) is 59.4 Å². The molecule has 2 rings (SSSR count). The molecule has 0 atom stereocenters. The lowest BCUT2D eigenvalue weighted by molar-refractivity contribution is 0.0697. The Labute approximate surface area is 105 Å². The molecule has 0 fully saturated rings. The summed E-state index contributed by atoms with van der Waals surface area (Å²) in [4.78, 5) is 14.7. The monoisotopic (exact) mass is 243 g/mol. The zero-order chi connectivity index (χ0) is 12.8. The van der Waals surface area contributed by atoms with Gasteiger partial charge in [-0.3, -0.25) is 4.98 Å². The Hall–Kier alpha value is -2.36. The number of pyridine rings is 1. The largest absolute Gasteiger partial charge is 0.493 e. The highest BCUT2D eigenvalue weighted by molar-refractivity contribution is 5.87. The molecule has 0 spiro atoms. The molecule has 0 unspecified atom stereocenters. The fourth-order valence-corrected chi connectivity index (χ4v) is 1.53. The van der Waals surface area contributed by atoms with Crippen molar-refractivity contribution < 1.29 is 14.6 Å². The van der Waals surface area contributed by atoms with Gasteiger partial charge in [-0.05, 0) is 35.9 Å². The third-order valence-electron chi connectivity index (χ3n) is 2.48. The molecule has 2 aromatic rings. The molecular weight excluding hydrogens is 230 g/mol. The molecule has 1 aromatic carbocycles. The van der Waals surface area contributed by atoms with Crippen molar-refractivity contribution in [1.29, 1.82) is 0 Å². The third kappa shape index (κ3) is 3.31. The van der Waals surface area contributed by atoms with Gasteiger partial charge < -0.3 is 9.84 Å². The summed E-state index contributed by atoms with van der Waals surface area (Å²) >= 11 is 0. The number of carboxylic acid groups (broad SMARTS) is 1. The Kier molecular flexibility index (Phi) is 3.91. The third-order valence-corrected chi connectivity index (χ3v) is 2.48. The maximum Gasteiger partial charge on any atom is 0.335 e. The molecule has 1 aromatic heterocycles. The van der Waals surface area contributed by atoms with E-state index >= 15 is 0 Å². The number of carboxylic acids is 1. The van der Waals surface area contributed by atoms with E-state index < -0.39 is 5.97 Å². The van der Waals surface area contributed by atoms with Crippen molar-refractivity contribution in [2.24, 2.45) is 0 Å². The van der Waals surface area contributed by atoms with Gasteiger partial charge >= 0.3 is 5.97 Å². The SMILES string of the molecule is O=C(O)c1ccc(OCCc2cccnc2)cc1. The first-order chi connectivity index (χ1) is 8.75. The van der Waals surface area contributed by atoms with Gasteiger partial charge in [0, 0.05) is 18.8 Å². The highest BCUT2D eigenvalue weighted by atomic mass is 16.5. The molecule has 92 valence electrons. The minimum atomic E-state index is -0.933. The van der Waals surface area contributed by atoms with E-state index in [1.165, 1.54) is 12.1 Å². The quantitative estimate of drug-likeness (QED) is 0.876. The molecule has 1 N–H and O–H groups in total. The summed E-state index contributed by atoms with van der Waals surface area (Å²) in [5, 5.41) is 8.75. The van der Waals surface area contributed by atoms with Gasteiger partial charge in [0.1, 0.15) is 5.75 Å². The predicted octanol–water partition coefficient (Wildman–Crippen LogP) is 2.40. The van der Waals surface area contributed by atoms with E-state index in [4.69, 9.17) is 9.84 Å². The molecular formula is C14H13NO3. The molecule has 0 bridgehead atoms. The maximum atomic E-state index is 10.7. The van der Waals surface area contributed by atoms with Gasteiger partial charge in [0.25, 0.3) is 0 Å². The highest BCUT2D eigenvalue weighted by Crippen LogP contribution is 2.12. The average Bonchev–Trinajstić information content (AvgIpc) is 2.40. The van der Waals surface area contributed by atoms with Crippen molar-refractivity contribution in [2.75, 3.05) is 6.61 Å². The molecule has 1 heterocycles. The van der Waals surface area contributed by atoms with Crippen LogP contribution in [-0.4, -0.2) is 22.7 Å². The van der Waals surface area contributed by atoms with Crippen LogP contribution in [0.15, 0.2) is 48.8 Å². The van der Waals surface area contributed by atoms with Crippen molar-refractivity contribution in [3.05, 3.63) is 59.9 Å². The number of benzene rings is 1. The van der Waals surface area contributed by atoms with Crippen molar-refractivity contribution in [3.8, 4) is 5.75 Å². The number of rotatable bonds is 5. The molecule has 18 heavy (non-hydrogen) atoms. The fraction of sp³-hybridized carbons (Fsp3) is 0.143. The van der Waals surface area contributed by atoms with Crippen molar-refractivity contribution in [1.82, 2.24) is 4.98 Å². The number of carbonyl (C=O) groups is 1. The van der Waals surface area contributed by atoms with E-state index in [2.05, 4.69) is 4.98 Å². The van der Waals surface area contributed by atoms with Crippen LogP contribution >= 0.6 is 0 Å². The van der Waals surface area contributed by atoms with Gasteiger partial charge in [-0.1, -0.05) is 6.07 Å². The van der Waals surface area contributed by atoms with E-state index in [9.17, 15) is 4.79 Å². The van der Waals surface area contributed by atoms with Crippen molar-refractivity contribution >= 4 is 5.97 Å². The Morgan fingerprint density at radius 2 is 2.00 bits per heavy atom. The molecule has 0 aliphatic heterocycles.